The predicted octanol–water partition coefficient (Wildman–Crippen LogP) is 2.41. The van der Waals surface area contributed by atoms with E-state index in [1.807, 2.05) is 0 Å². The highest BCUT2D eigenvalue weighted by Crippen LogP contribution is 2.23. The molecule has 0 aromatic carbocycles. The van der Waals surface area contributed by atoms with Gasteiger partial charge in [-0.2, -0.15) is 11.3 Å². The average molecular weight is 211 g/mol. The normalized spacial score (nSPS) is 26.9. The van der Waals surface area contributed by atoms with Gasteiger partial charge in [-0.25, -0.2) is 0 Å². The molecule has 1 N–H and O–H groups in total. The van der Waals surface area contributed by atoms with Crippen LogP contribution in [0.1, 0.15) is 25.3 Å². The van der Waals surface area contributed by atoms with Crippen LogP contribution < -0.4 is 5.32 Å². The van der Waals surface area contributed by atoms with Gasteiger partial charge in [-0.15, -0.1) is 0 Å². The number of rotatable bonds is 4. The molecule has 3 heteroatoms. The van der Waals surface area contributed by atoms with Crippen molar-refractivity contribution in [3.05, 3.63) is 22.4 Å². The van der Waals surface area contributed by atoms with Gasteiger partial charge in [0.2, 0.25) is 0 Å². The van der Waals surface area contributed by atoms with E-state index < -0.39 is 0 Å². The topological polar surface area (TPSA) is 21.3 Å². The summed E-state index contributed by atoms with van der Waals surface area (Å²) in [5.74, 6) is 0. The zero-order chi connectivity index (χ0) is 9.86. The number of thiophene rings is 1. The highest BCUT2D eigenvalue weighted by atomic mass is 32.1. The predicted molar refractivity (Wildman–Crippen MR) is 59.6 cm³/mol. The number of nitrogens with one attached hydrogen (secondary N) is 1. The Morgan fingerprint density at radius 2 is 2.57 bits per heavy atom. The summed E-state index contributed by atoms with van der Waals surface area (Å²) >= 11 is 1.75. The van der Waals surface area contributed by atoms with Gasteiger partial charge < -0.3 is 10.1 Å². The van der Waals surface area contributed by atoms with Crippen LogP contribution in [0.2, 0.25) is 0 Å². The molecule has 78 valence electrons. The Morgan fingerprint density at radius 1 is 1.64 bits per heavy atom. The average Bonchev–Trinajstić information content (AvgIpc) is 2.77. The Bertz CT molecular complexity index is 265. The smallest absolute Gasteiger partial charge is 0.0779 e. The summed E-state index contributed by atoms with van der Waals surface area (Å²) in [4.78, 5) is 0. The van der Waals surface area contributed by atoms with E-state index in [2.05, 4.69) is 29.1 Å². The molecule has 0 radical (unpaired) electrons. The number of ether oxygens (including phenoxy) is 1. The van der Waals surface area contributed by atoms with Gasteiger partial charge in [0.05, 0.1) is 5.60 Å². The van der Waals surface area contributed by atoms with Gasteiger partial charge in [-0.3, -0.25) is 0 Å². The molecule has 1 aromatic rings. The molecule has 14 heavy (non-hydrogen) atoms. The van der Waals surface area contributed by atoms with Gasteiger partial charge in [0.25, 0.3) is 0 Å². The van der Waals surface area contributed by atoms with E-state index in [1.165, 1.54) is 18.4 Å². The standard InChI is InChI=1S/C11H17NOS/c1-11(4-2-5-13-11)9-12-7-10-3-6-14-8-10/h3,6,8,12H,2,4-5,7,9H2,1H3. The maximum atomic E-state index is 5.70. The van der Waals surface area contributed by atoms with E-state index in [1.54, 1.807) is 11.3 Å². The van der Waals surface area contributed by atoms with Crippen LogP contribution in [0.5, 0.6) is 0 Å². The number of hydrogen-bond donors (Lipinski definition) is 1. The van der Waals surface area contributed by atoms with Crippen LogP contribution >= 0.6 is 11.3 Å². The van der Waals surface area contributed by atoms with Crippen molar-refractivity contribution in [2.75, 3.05) is 13.2 Å². The second-order valence-electron chi connectivity index (χ2n) is 4.14. The maximum absolute atomic E-state index is 5.70. The Kier molecular flexibility index (Phi) is 3.21. The molecule has 1 aliphatic rings. The molecular weight excluding hydrogens is 194 g/mol. The van der Waals surface area contributed by atoms with Gasteiger partial charge in [-0.05, 0) is 42.2 Å². The Hall–Kier alpha value is -0.380. The summed E-state index contributed by atoms with van der Waals surface area (Å²) in [6, 6.07) is 2.16. The highest BCUT2D eigenvalue weighted by molar-refractivity contribution is 7.07. The van der Waals surface area contributed by atoms with Crippen LogP contribution in [-0.4, -0.2) is 18.8 Å². The fourth-order valence-electron chi connectivity index (χ4n) is 1.84. The Morgan fingerprint density at radius 3 is 3.21 bits per heavy atom. The van der Waals surface area contributed by atoms with Crippen LogP contribution in [0.4, 0.5) is 0 Å². The maximum Gasteiger partial charge on any atom is 0.0779 e. The van der Waals surface area contributed by atoms with Crippen LogP contribution in [0.3, 0.4) is 0 Å². The quantitative estimate of drug-likeness (QED) is 0.825. The summed E-state index contributed by atoms with van der Waals surface area (Å²) in [5.41, 5.74) is 1.45. The molecule has 1 aromatic heterocycles. The fraction of sp³-hybridized carbons (Fsp3) is 0.636. The van der Waals surface area contributed by atoms with Crippen molar-refractivity contribution in [1.29, 1.82) is 0 Å². The van der Waals surface area contributed by atoms with Crippen molar-refractivity contribution < 1.29 is 4.74 Å². The van der Waals surface area contributed by atoms with Crippen LogP contribution in [0.25, 0.3) is 0 Å². The Labute approximate surface area is 89.3 Å². The van der Waals surface area contributed by atoms with E-state index in [4.69, 9.17) is 4.74 Å². The number of hydrogen-bond acceptors (Lipinski definition) is 3. The molecule has 1 unspecified atom stereocenters. The lowest BCUT2D eigenvalue weighted by Gasteiger charge is -2.23. The van der Waals surface area contributed by atoms with E-state index in [0.717, 1.165) is 19.7 Å². The monoisotopic (exact) mass is 211 g/mol. The third kappa shape index (κ3) is 2.56. The lowest BCUT2D eigenvalue weighted by molar-refractivity contribution is 0.0207. The summed E-state index contributed by atoms with van der Waals surface area (Å²) < 4.78 is 5.70. The first-order chi connectivity index (χ1) is 6.79. The summed E-state index contributed by atoms with van der Waals surface area (Å²) in [6.07, 6.45) is 2.39. The zero-order valence-corrected chi connectivity index (χ0v) is 9.40. The highest BCUT2D eigenvalue weighted by Gasteiger charge is 2.28. The van der Waals surface area contributed by atoms with Crippen molar-refractivity contribution in [2.45, 2.75) is 31.9 Å². The van der Waals surface area contributed by atoms with E-state index in [-0.39, 0.29) is 5.60 Å². The SMILES string of the molecule is CC1(CNCc2ccsc2)CCCO1. The minimum Gasteiger partial charge on any atom is -0.374 e. The minimum absolute atomic E-state index is 0.0794. The molecule has 1 aliphatic heterocycles. The van der Waals surface area contributed by atoms with E-state index >= 15 is 0 Å². The molecule has 0 bridgehead atoms. The molecule has 2 heterocycles. The molecule has 2 rings (SSSR count). The molecule has 1 atom stereocenters. The van der Waals surface area contributed by atoms with Crippen molar-refractivity contribution >= 4 is 11.3 Å². The van der Waals surface area contributed by atoms with Crippen LogP contribution in [-0.2, 0) is 11.3 Å². The lowest BCUT2D eigenvalue weighted by atomic mass is 10.0. The van der Waals surface area contributed by atoms with Crippen LogP contribution in [0, 0.1) is 0 Å². The van der Waals surface area contributed by atoms with E-state index in [9.17, 15) is 0 Å². The molecule has 1 fully saturated rings. The first kappa shape index (κ1) is 10.1. The zero-order valence-electron chi connectivity index (χ0n) is 8.58. The Balaban J connectivity index is 1.72. The van der Waals surface area contributed by atoms with Crippen molar-refractivity contribution in [1.82, 2.24) is 5.32 Å². The third-order valence-corrected chi connectivity index (χ3v) is 3.44. The fourth-order valence-corrected chi connectivity index (χ4v) is 2.51. The molecule has 1 saturated heterocycles. The molecular formula is C11H17NOS. The van der Waals surface area contributed by atoms with Crippen molar-refractivity contribution in [3.63, 3.8) is 0 Å². The van der Waals surface area contributed by atoms with E-state index in [0.29, 0.717) is 0 Å². The van der Waals surface area contributed by atoms with Crippen LogP contribution in [0.15, 0.2) is 16.8 Å². The first-order valence-corrected chi connectivity index (χ1v) is 6.09. The second-order valence-corrected chi connectivity index (χ2v) is 4.92. The van der Waals surface area contributed by atoms with Crippen molar-refractivity contribution in [3.8, 4) is 0 Å². The van der Waals surface area contributed by atoms with Gasteiger partial charge in [-0.1, -0.05) is 0 Å². The summed E-state index contributed by atoms with van der Waals surface area (Å²) in [5, 5.41) is 7.75. The first-order valence-electron chi connectivity index (χ1n) is 5.14. The summed E-state index contributed by atoms with van der Waals surface area (Å²) in [7, 11) is 0. The van der Waals surface area contributed by atoms with Gasteiger partial charge in [0.1, 0.15) is 0 Å². The summed E-state index contributed by atoms with van der Waals surface area (Å²) in [6.45, 7) is 5.04. The second kappa shape index (κ2) is 4.43. The molecule has 0 amide bonds. The molecule has 2 nitrogen and oxygen atoms in total. The minimum atomic E-state index is 0.0794. The van der Waals surface area contributed by atoms with Crippen molar-refractivity contribution in [2.24, 2.45) is 0 Å². The lowest BCUT2D eigenvalue weighted by Crippen LogP contribution is -2.36. The largest absolute Gasteiger partial charge is 0.374 e. The van der Waals surface area contributed by atoms with Gasteiger partial charge >= 0.3 is 0 Å². The molecule has 0 aliphatic carbocycles. The van der Waals surface area contributed by atoms with Gasteiger partial charge in [0, 0.05) is 19.7 Å². The molecule has 0 spiro atoms. The molecule has 0 saturated carbocycles. The van der Waals surface area contributed by atoms with Gasteiger partial charge in [0.15, 0.2) is 0 Å². The third-order valence-electron chi connectivity index (χ3n) is 2.71.